The zero-order valence-corrected chi connectivity index (χ0v) is 12.4. The fourth-order valence-corrected chi connectivity index (χ4v) is 2.02. The van der Waals surface area contributed by atoms with Crippen LogP contribution in [0.5, 0.6) is 5.88 Å². The lowest BCUT2D eigenvalue weighted by molar-refractivity contribution is 0.101. The summed E-state index contributed by atoms with van der Waals surface area (Å²) in [6.07, 6.45) is 2.65. The summed E-state index contributed by atoms with van der Waals surface area (Å²) in [7, 11) is 1.51. The molecule has 112 valence electrons. The van der Waals surface area contributed by atoms with Crippen LogP contribution in [0.4, 0.5) is 11.6 Å². The summed E-state index contributed by atoms with van der Waals surface area (Å²) in [4.78, 5) is 20.6. The van der Waals surface area contributed by atoms with Gasteiger partial charge in [-0.05, 0) is 19.4 Å². The summed E-state index contributed by atoms with van der Waals surface area (Å²) >= 11 is 0. The fourth-order valence-electron chi connectivity index (χ4n) is 2.02. The molecule has 3 N–H and O–H groups in total. The van der Waals surface area contributed by atoms with E-state index in [9.17, 15) is 4.79 Å². The number of aromatic nitrogens is 3. The van der Waals surface area contributed by atoms with E-state index in [-0.39, 0.29) is 11.9 Å². The minimum absolute atomic E-state index is 0.208. The molecule has 2 heterocycles. The maximum absolute atomic E-state index is 12.3. The first-order valence-electron chi connectivity index (χ1n) is 6.70. The number of nitrogens with two attached hydrogens (primary N) is 1. The molecule has 0 aromatic carbocycles. The van der Waals surface area contributed by atoms with Gasteiger partial charge in [0.1, 0.15) is 5.69 Å². The van der Waals surface area contributed by atoms with Gasteiger partial charge in [-0.25, -0.2) is 4.98 Å². The Kier molecular flexibility index (Phi) is 4.42. The maximum atomic E-state index is 12.3. The molecule has 0 fully saturated rings. The highest BCUT2D eigenvalue weighted by atomic mass is 16.5. The van der Waals surface area contributed by atoms with Crippen molar-refractivity contribution in [1.82, 2.24) is 14.5 Å². The molecule has 7 heteroatoms. The van der Waals surface area contributed by atoms with Crippen LogP contribution >= 0.6 is 0 Å². The first kappa shape index (κ1) is 14.8. The number of carbonyl (C=O) groups is 1. The topological polar surface area (TPSA) is 95.1 Å². The fraction of sp³-hybridized carbons (Fsp3) is 0.357. The Hall–Kier alpha value is -2.57. The van der Waals surface area contributed by atoms with E-state index < -0.39 is 0 Å². The Bertz CT molecular complexity index is 651. The second-order valence-electron chi connectivity index (χ2n) is 4.68. The zero-order valence-electron chi connectivity index (χ0n) is 12.4. The Labute approximate surface area is 123 Å². The van der Waals surface area contributed by atoms with Gasteiger partial charge in [-0.15, -0.1) is 0 Å². The van der Waals surface area contributed by atoms with Gasteiger partial charge in [0.2, 0.25) is 11.8 Å². The Morgan fingerprint density at radius 2 is 2.19 bits per heavy atom. The number of hydrogen-bond acceptors (Lipinski definition) is 5. The summed E-state index contributed by atoms with van der Waals surface area (Å²) in [6.45, 7) is 4.56. The predicted molar refractivity (Wildman–Crippen MR) is 80.4 cm³/mol. The van der Waals surface area contributed by atoms with Gasteiger partial charge in [-0.3, -0.25) is 10.1 Å². The van der Waals surface area contributed by atoms with E-state index in [1.54, 1.807) is 25.3 Å². The molecule has 0 bridgehead atoms. The zero-order chi connectivity index (χ0) is 15.4. The van der Waals surface area contributed by atoms with E-state index in [4.69, 9.17) is 10.5 Å². The van der Waals surface area contributed by atoms with E-state index in [1.807, 2.05) is 11.5 Å². The third kappa shape index (κ3) is 3.50. The lowest BCUT2D eigenvalue weighted by Gasteiger charge is -2.09. The Morgan fingerprint density at radius 1 is 1.43 bits per heavy atom. The Balaban J connectivity index is 2.23. The van der Waals surface area contributed by atoms with Gasteiger partial charge in [0.25, 0.3) is 5.91 Å². The minimum atomic E-state index is -0.298. The molecule has 7 nitrogen and oxygen atoms in total. The third-order valence-electron chi connectivity index (χ3n) is 2.88. The summed E-state index contributed by atoms with van der Waals surface area (Å²) < 4.78 is 6.88. The van der Waals surface area contributed by atoms with Crippen LogP contribution in [-0.4, -0.2) is 27.6 Å². The number of methoxy groups -OCH3 is 1. The second-order valence-corrected chi connectivity index (χ2v) is 4.68. The second kappa shape index (κ2) is 6.25. The smallest absolute Gasteiger partial charge is 0.274 e. The number of aryl methyl sites for hydroxylation is 2. The highest BCUT2D eigenvalue weighted by Crippen LogP contribution is 2.15. The molecule has 21 heavy (non-hydrogen) atoms. The lowest BCUT2D eigenvalue weighted by atomic mass is 10.3. The standard InChI is InChI=1S/C14H19N5O2/c1-4-5-19-8-10(15)7-11(19)13(20)18-14-16-9(2)6-12(17-14)21-3/h6-8H,4-5,15H2,1-3H3,(H,16,17,18,20). The molecule has 0 saturated heterocycles. The number of anilines is 2. The van der Waals surface area contributed by atoms with Gasteiger partial charge in [-0.2, -0.15) is 4.98 Å². The Morgan fingerprint density at radius 3 is 2.86 bits per heavy atom. The molecule has 0 atom stereocenters. The van der Waals surface area contributed by atoms with Gasteiger partial charge in [-0.1, -0.05) is 6.92 Å². The van der Waals surface area contributed by atoms with Crippen LogP contribution in [0, 0.1) is 6.92 Å². The van der Waals surface area contributed by atoms with Crippen molar-refractivity contribution < 1.29 is 9.53 Å². The van der Waals surface area contributed by atoms with Crippen LogP contribution in [0.3, 0.4) is 0 Å². The minimum Gasteiger partial charge on any atom is -0.481 e. The number of amides is 1. The van der Waals surface area contributed by atoms with Gasteiger partial charge in [0.15, 0.2) is 0 Å². The summed E-state index contributed by atoms with van der Waals surface area (Å²) in [5.74, 6) is 0.314. The number of nitrogens with zero attached hydrogens (tertiary/aromatic N) is 3. The molecule has 1 amide bonds. The molecule has 2 aromatic rings. The molecular weight excluding hydrogens is 270 g/mol. The number of carbonyl (C=O) groups excluding carboxylic acids is 1. The molecule has 0 radical (unpaired) electrons. The molecule has 0 saturated carbocycles. The predicted octanol–water partition coefficient (Wildman–Crippen LogP) is 1.84. The molecular formula is C14H19N5O2. The van der Waals surface area contributed by atoms with Gasteiger partial charge in [0.05, 0.1) is 12.8 Å². The summed E-state index contributed by atoms with van der Waals surface area (Å²) in [5.41, 5.74) is 7.50. The van der Waals surface area contributed by atoms with Crippen molar-refractivity contribution in [2.75, 3.05) is 18.2 Å². The van der Waals surface area contributed by atoms with E-state index in [2.05, 4.69) is 15.3 Å². The maximum Gasteiger partial charge on any atom is 0.274 e. The van der Waals surface area contributed by atoms with Crippen LogP contribution < -0.4 is 15.8 Å². The molecule has 0 unspecified atom stereocenters. The van der Waals surface area contributed by atoms with Crippen molar-refractivity contribution in [1.29, 1.82) is 0 Å². The molecule has 0 aliphatic heterocycles. The average molecular weight is 289 g/mol. The van der Waals surface area contributed by atoms with Crippen molar-refractivity contribution in [2.24, 2.45) is 0 Å². The van der Waals surface area contributed by atoms with Crippen molar-refractivity contribution in [3.8, 4) is 5.88 Å². The van der Waals surface area contributed by atoms with Gasteiger partial charge < -0.3 is 15.0 Å². The van der Waals surface area contributed by atoms with Crippen LogP contribution in [0.1, 0.15) is 29.5 Å². The van der Waals surface area contributed by atoms with Crippen molar-refractivity contribution in [3.05, 3.63) is 29.7 Å². The molecule has 2 rings (SSSR count). The number of nitrogens with one attached hydrogen (secondary N) is 1. The van der Waals surface area contributed by atoms with Crippen molar-refractivity contribution in [3.63, 3.8) is 0 Å². The SMILES string of the molecule is CCCn1cc(N)cc1C(=O)Nc1nc(C)cc(OC)n1. The van der Waals surface area contributed by atoms with Crippen molar-refractivity contribution in [2.45, 2.75) is 26.8 Å². The summed E-state index contributed by atoms with van der Waals surface area (Å²) in [5, 5.41) is 2.67. The average Bonchev–Trinajstić information content (AvgIpc) is 2.79. The summed E-state index contributed by atoms with van der Waals surface area (Å²) in [6, 6.07) is 3.32. The third-order valence-corrected chi connectivity index (χ3v) is 2.88. The highest BCUT2D eigenvalue weighted by Gasteiger charge is 2.14. The molecule has 2 aromatic heterocycles. The number of ether oxygens (including phenoxy) is 1. The van der Waals surface area contributed by atoms with Crippen LogP contribution in [0.15, 0.2) is 18.3 Å². The number of hydrogen-bond donors (Lipinski definition) is 2. The largest absolute Gasteiger partial charge is 0.481 e. The number of rotatable bonds is 5. The van der Waals surface area contributed by atoms with Crippen LogP contribution in [0.25, 0.3) is 0 Å². The van der Waals surface area contributed by atoms with E-state index >= 15 is 0 Å². The first-order valence-corrected chi connectivity index (χ1v) is 6.70. The van der Waals surface area contributed by atoms with E-state index in [1.165, 1.54) is 7.11 Å². The number of nitrogen functional groups attached to an aromatic ring is 1. The van der Waals surface area contributed by atoms with Gasteiger partial charge >= 0.3 is 0 Å². The molecule has 0 spiro atoms. The van der Waals surface area contributed by atoms with Crippen molar-refractivity contribution >= 4 is 17.5 Å². The van der Waals surface area contributed by atoms with E-state index in [0.717, 1.165) is 13.0 Å². The quantitative estimate of drug-likeness (QED) is 0.875. The normalized spacial score (nSPS) is 10.4. The van der Waals surface area contributed by atoms with Gasteiger partial charge in [0, 0.05) is 24.5 Å². The first-order chi connectivity index (χ1) is 10.0. The monoisotopic (exact) mass is 289 g/mol. The molecule has 0 aliphatic carbocycles. The highest BCUT2D eigenvalue weighted by molar-refractivity contribution is 6.02. The van der Waals surface area contributed by atoms with Crippen LogP contribution in [-0.2, 0) is 6.54 Å². The van der Waals surface area contributed by atoms with E-state index in [0.29, 0.717) is 23.0 Å². The van der Waals surface area contributed by atoms with Crippen LogP contribution in [0.2, 0.25) is 0 Å². The molecule has 0 aliphatic rings. The lowest BCUT2D eigenvalue weighted by Crippen LogP contribution is -2.18.